The highest BCUT2D eigenvalue weighted by molar-refractivity contribution is 5.74. The zero-order chi connectivity index (χ0) is 36.0. The van der Waals surface area contributed by atoms with E-state index in [1.54, 1.807) is 0 Å². The number of hydrogen-bond acceptors (Lipinski definition) is 7. The van der Waals surface area contributed by atoms with Gasteiger partial charge in [-0.15, -0.1) is 0 Å². The highest BCUT2D eigenvalue weighted by Gasteiger charge is 2.70. The van der Waals surface area contributed by atoms with Gasteiger partial charge >= 0.3 is 24.3 Å². The fourth-order valence-corrected chi connectivity index (χ4v) is 12.9. The molecular weight excluding hydrogens is 658 g/mol. The second-order valence-corrected chi connectivity index (χ2v) is 17.2. The summed E-state index contributed by atoms with van der Waals surface area (Å²) in [6.07, 6.45) is -9.26. The molecule has 6 aliphatic carbocycles. The summed E-state index contributed by atoms with van der Waals surface area (Å²) >= 11 is 0. The third kappa shape index (κ3) is 6.11. The average Bonchev–Trinajstić information content (AvgIpc) is 3.84. The van der Waals surface area contributed by atoms with E-state index in [-0.39, 0.29) is 60.6 Å². The first-order valence-electron chi connectivity index (χ1n) is 18.2. The van der Waals surface area contributed by atoms with Crippen LogP contribution >= 0.6 is 0 Å². The lowest BCUT2D eigenvalue weighted by Crippen LogP contribution is -2.56. The number of carbonyl (C=O) groups excluding carboxylic acids is 2. The topological polar surface area (TPSA) is 113 Å². The lowest BCUT2D eigenvalue weighted by molar-refractivity contribution is -0.370. The first-order valence-corrected chi connectivity index (χ1v) is 18.2. The first-order chi connectivity index (χ1) is 22.7. The summed E-state index contributed by atoms with van der Waals surface area (Å²) in [5.41, 5.74) is -5.72. The van der Waals surface area contributed by atoms with Crippen LogP contribution in [0.4, 0.5) is 26.3 Å². The summed E-state index contributed by atoms with van der Waals surface area (Å²) in [7, 11) is 0. The predicted molar refractivity (Wildman–Crippen MR) is 163 cm³/mol. The highest BCUT2D eigenvalue weighted by Crippen LogP contribution is 2.72. The molecule has 0 spiro atoms. The van der Waals surface area contributed by atoms with Crippen molar-refractivity contribution in [2.24, 2.45) is 88.8 Å². The zero-order valence-electron chi connectivity index (χ0n) is 28.7. The van der Waals surface area contributed by atoms with E-state index < -0.39 is 54.9 Å². The fourth-order valence-electron chi connectivity index (χ4n) is 12.9. The van der Waals surface area contributed by atoms with Gasteiger partial charge in [0.05, 0.1) is 30.7 Å². The van der Waals surface area contributed by atoms with Gasteiger partial charge in [-0.2, -0.15) is 26.3 Å². The second kappa shape index (κ2) is 12.8. The quantitative estimate of drug-likeness (QED) is 0.134. The molecule has 0 aromatic heterocycles. The molecule has 0 amide bonds. The number of alkyl halides is 6. The van der Waals surface area contributed by atoms with Crippen molar-refractivity contribution in [1.82, 2.24) is 0 Å². The van der Waals surface area contributed by atoms with Crippen molar-refractivity contribution in [1.29, 1.82) is 0 Å². The van der Waals surface area contributed by atoms with E-state index in [9.17, 15) is 46.1 Å². The molecule has 0 saturated heterocycles. The summed E-state index contributed by atoms with van der Waals surface area (Å²) in [4.78, 5) is 26.3. The molecule has 6 aliphatic rings. The summed E-state index contributed by atoms with van der Waals surface area (Å²) in [6.45, 7) is 7.39. The van der Waals surface area contributed by atoms with Gasteiger partial charge < -0.3 is 24.8 Å². The molecule has 0 radical (unpaired) electrons. The summed E-state index contributed by atoms with van der Waals surface area (Å²) < 4.78 is 89.3. The third-order valence-electron chi connectivity index (χ3n) is 14.7. The minimum atomic E-state index is -5.91. The third-order valence-corrected chi connectivity index (χ3v) is 14.7. The van der Waals surface area contributed by atoms with E-state index in [4.69, 9.17) is 14.6 Å². The largest absolute Gasteiger partial charge is 0.465 e. The van der Waals surface area contributed by atoms with Gasteiger partial charge in [-0.1, -0.05) is 13.8 Å². The van der Waals surface area contributed by atoms with Crippen LogP contribution in [0.25, 0.3) is 0 Å². The van der Waals surface area contributed by atoms with Crippen molar-refractivity contribution in [2.45, 2.75) is 103 Å². The number of aliphatic hydroxyl groups is 3. The van der Waals surface area contributed by atoms with Gasteiger partial charge in [0, 0.05) is 0 Å². The number of aliphatic hydroxyl groups excluding tert-OH is 1. The Morgan fingerprint density at radius 2 is 1.18 bits per heavy atom. The summed E-state index contributed by atoms with van der Waals surface area (Å²) in [5, 5.41) is 29.9. The van der Waals surface area contributed by atoms with Gasteiger partial charge in [0.2, 0.25) is 0 Å². The predicted octanol–water partition coefficient (Wildman–Crippen LogP) is 6.18. The monoisotopic (exact) mass is 710 g/mol. The Kier molecular flexibility index (Phi) is 9.72. The number of rotatable bonds is 11. The summed E-state index contributed by atoms with van der Waals surface area (Å²) in [5.74, 6) is 1.88. The Bertz CT molecular complexity index is 1230. The van der Waals surface area contributed by atoms with Crippen LogP contribution in [0.2, 0.25) is 0 Å². The highest BCUT2D eigenvalue weighted by atomic mass is 19.4. The SMILES string of the molecule is CC1C2CC(CC2C(=O)OCCO)[C@@H]1C1C2CC(CC2C(C)(C)O)C1[C@H]1C(C)C2CC(C(=O)OCCCC(O)(C(F)(F)F)C(F)(F)F)C1C2. The van der Waals surface area contributed by atoms with Crippen LogP contribution in [0.1, 0.15) is 79.1 Å². The molecule has 280 valence electrons. The van der Waals surface area contributed by atoms with E-state index in [1.165, 1.54) is 0 Å². The smallest absolute Gasteiger partial charge is 0.426 e. The number of halogens is 6. The standard InChI is InChI=1S/C36H52F6O7/c1-16-18-10-22(24(11-18)32(45)48-8-5-6-34(47,35(37,38)39)36(40,41)42)28(16)29-20-14-25(26(15-20)33(3,4)46)30(29)27-17(2)21-12-19(27)13-23(21)31(44)49-9-7-43/h16-30,43,46-47H,5-15H2,1-4H3/t16?,17?,18?,19?,20?,21?,22?,23?,24?,25?,26?,27-,28+,29?,30?/m1/s1. The van der Waals surface area contributed by atoms with Crippen molar-refractivity contribution < 1.29 is 60.7 Å². The molecule has 13 unspecified atom stereocenters. The molecule has 0 aliphatic heterocycles. The van der Waals surface area contributed by atoms with Crippen LogP contribution in [0, 0.1) is 88.8 Å². The Labute approximate surface area is 283 Å². The van der Waals surface area contributed by atoms with E-state index in [1.807, 2.05) is 13.8 Å². The minimum absolute atomic E-state index is 0.00248. The van der Waals surface area contributed by atoms with Crippen molar-refractivity contribution in [3.8, 4) is 0 Å². The Morgan fingerprint density at radius 3 is 1.73 bits per heavy atom. The van der Waals surface area contributed by atoms with Gasteiger partial charge in [-0.05, 0) is 142 Å². The van der Waals surface area contributed by atoms with Gasteiger partial charge in [0.25, 0.3) is 5.60 Å². The molecule has 49 heavy (non-hydrogen) atoms. The van der Waals surface area contributed by atoms with Crippen molar-refractivity contribution >= 4 is 11.9 Å². The number of carbonyl (C=O) groups is 2. The lowest BCUT2D eigenvalue weighted by atomic mass is 9.54. The molecule has 6 rings (SSSR count). The van der Waals surface area contributed by atoms with Crippen LogP contribution in [0.15, 0.2) is 0 Å². The number of esters is 2. The molecule has 0 heterocycles. The molecule has 7 nitrogen and oxygen atoms in total. The zero-order valence-corrected chi connectivity index (χ0v) is 28.7. The van der Waals surface area contributed by atoms with Crippen molar-refractivity contribution in [3.63, 3.8) is 0 Å². The van der Waals surface area contributed by atoms with Gasteiger partial charge in [-0.25, -0.2) is 0 Å². The molecule has 6 saturated carbocycles. The molecule has 6 fully saturated rings. The van der Waals surface area contributed by atoms with Gasteiger partial charge in [0.1, 0.15) is 6.61 Å². The normalized spacial score (nSPS) is 43.1. The Balaban J connectivity index is 1.18. The Hall–Kier alpha value is -1.60. The van der Waals surface area contributed by atoms with E-state index in [0.717, 1.165) is 32.1 Å². The number of ether oxygens (including phenoxy) is 2. The van der Waals surface area contributed by atoms with Crippen LogP contribution in [0.5, 0.6) is 0 Å². The van der Waals surface area contributed by atoms with Crippen molar-refractivity contribution in [3.05, 3.63) is 0 Å². The first kappa shape index (κ1) is 37.2. The molecule has 3 N–H and O–H groups in total. The van der Waals surface area contributed by atoms with Crippen molar-refractivity contribution in [2.75, 3.05) is 19.8 Å². The molecule has 0 aromatic rings. The summed E-state index contributed by atoms with van der Waals surface area (Å²) in [6, 6.07) is 0. The number of fused-ring (bicyclic) bond motifs is 6. The van der Waals surface area contributed by atoms with Gasteiger partial charge in [0.15, 0.2) is 0 Å². The van der Waals surface area contributed by atoms with Crippen LogP contribution in [0.3, 0.4) is 0 Å². The molecule has 0 aromatic carbocycles. The van der Waals surface area contributed by atoms with E-state index in [0.29, 0.717) is 47.8 Å². The average molecular weight is 711 g/mol. The minimum Gasteiger partial charge on any atom is -0.465 e. The van der Waals surface area contributed by atoms with E-state index in [2.05, 4.69) is 13.8 Å². The lowest BCUT2D eigenvalue weighted by Gasteiger charge is -2.51. The maximum atomic E-state index is 13.4. The Morgan fingerprint density at radius 1 is 0.653 bits per heavy atom. The number of hydrogen-bond donors (Lipinski definition) is 3. The molecule has 6 bridgehead atoms. The molecular formula is C36H52F6O7. The van der Waals surface area contributed by atoms with Crippen LogP contribution in [-0.4, -0.2) is 70.6 Å². The molecule has 13 heteroatoms. The second-order valence-electron chi connectivity index (χ2n) is 17.2. The maximum absolute atomic E-state index is 13.4. The van der Waals surface area contributed by atoms with Gasteiger partial charge in [-0.3, -0.25) is 9.59 Å². The molecule has 15 atom stereocenters. The maximum Gasteiger partial charge on any atom is 0.426 e. The van der Waals surface area contributed by atoms with Crippen LogP contribution < -0.4 is 0 Å². The van der Waals surface area contributed by atoms with Crippen LogP contribution in [-0.2, 0) is 19.1 Å². The fraction of sp³-hybridized carbons (Fsp3) is 0.944. The van der Waals surface area contributed by atoms with E-state index >= 15 is 0 Å².